The SMILES string of the molecule is Cc1cc2nc(N[C@@H](C)c3ccccn3)nc(C(=O)NCCO)c2s1. The van der Waals surface area contributed by atoms with E-state index in [4.69, 9.17) is 5.11 Å². The third-order valence-electron chi connectivity index (χ3n) is 3.58. The molecule has 0 saturated carbocycles. The zero-order chi connectivity index (χ0) is 17.8. The van der Waals surface area contributed by atoms with E-state index in [2.05, 4.69) is 25.6 Å². The van der Waals surface area contributed by atoms with Crippen LogP contribution in [0.4, 0.5) is 5.95 Å². The number of fused-ring (bicyclic) bond motifs is 1. The molecule has 0 spiro atoms. The minimum absolute atomic E-state index is 0.105. The fourth-order valence-corrected chi connectivity index (χ4v) is 3.36. The molecule has 3 aromatic rings. The van der Waals surface area contributed by atoms with Gasteiger partial charge < -0.3 is 15.7 Å². The second-order valence-electron chi connectivity index (χ2n) is 5.57. The van der Waals surface area contributed by atoms with Crippen molar-refractivity contribution in [2.45, 2.75) is 19.9 Å². The summed E-state index contributed by atoms with van der Waals surface area (Å²) in [6, 6.07) is 7.52. The van der Waals surface area contributed by atoms with Crippen LogP contribution in [0, 0.1) is 6.92 Å². The Bertz CT molecular complexity index is 881. The van der Waals surface area contributed by atoms with Crippen LogP contribution in [0.1, 0.15) is 34.0 Å². The van der Waals surface area contributed by atoms with Gasteiger partial charge in [-0.15, -0.1) is 11.3 Å². The molecule has 3 aromatic heterocycles. The summed E-state index contributed by atoms with van der Waals surface area (Å²) < 4.78 is 0.740. The summed E-state index contributed by atoms with van der Waals surface area (Å²) in [6.45, 7) is 3.98. The Kier molecular flexibility index (Phi) is 5.20. The van der Waals surface area contributed by atoms with Gasteiger partial charge in [-0.05, 0) is 32.0 Å². The molecule has 1 amide bonds. The zero-order valence-corrected chi connectivity index (χ0v) is 14.8. The number of aliphatic hydroxyl groups excluding tert-OH is 1. The van der Waals surface area contributed by atoms with E-state index >= 15 is 0 Å². The fraction of sp³-hybridized carbons (Fsp3) is 0.294. The first-order valence-corrected chi connectivity index (χ1v) is 8.75. The van der Waals surface area contributed by atoms with Gasteiger partial charge in [0.2, 0.25) is 5.95 Å². The molecule has 130 valence electrons. The van der Waals surface area contributed by atoms with Crippen LogP contribution in [0.3, 0.4) is 0 Å². The number of carbonyl (C=O) groups is 1. The molecule has 1 atom stereocenters. The first-order valence-electron chi connectivity index (χ1n) is 7.93. The summed E-state index contributed by atoms with van der Waals surface area (Å²) in [5.41, 5.74) is 1.90. The lowest BCUT2D eigenvalue weighted by atomic mass is 10.2. The van der Waals surface area contributed by atoms with E-state index in [-0.39, 0.29) is 25.1 Å². The molecule has 0 bridgehead atoms. The average Bonchev–Trinajstić information content (AvgIpc) is 2.99. The Labute approximate surface area is 149 Å². The van der Waals surface area contributed by atoms with Crippen LogP contribution in [0.15, 0.2) is 30.5 Å². The minimum Gasteiger partial charge on any atom is -0.395 e. The van der Waals surface area contributed by atoms with Crippen molar-refractivity contribution in [2.75, 3.05) is 18.5 Å². The van der Waals surface area contributed by atoms with Crippen LogP contribution >= 0.6 is 11.3 Å². The topological polar surface area (TPSA) is 100 Å². The molecule has 0 aromatic carbocycles. The maximum atomic E-state index is 12.4. The summed E-state index contributed by atoms with van der Waals surface area (Å²) in [5.74, 6) is 0.0504. The van der Waals surface area contributed by atoms with Crippen molar-refractivity contribution in [2.24, 2.45) is 0 Å². The number of nitrogens with one attached hydrogen (secondary N) is 2. The molecule has 7 nitrogen and oxygen atoms in total. The number of thiophene rings is 1. The number of aromatic nitrogens is 3. The predicted octanol–water partition coefficient (Wildman–Crippen LogP) is 2.29. The van der Waals surface area contributed by atoms with E-state index in [1.807, 2.05) is 38.1 Å². The van der Waals surface area contributed by atoms with Crippen LogP contribution in [0.5, 0.6) is 0 Å². The van der Waals surface area contributed by atoms with Gasteiger partial charge in [-0.2, -0.15) is 0 Å². The monoisotopic (exact) mass is 357 g/mol. The molecular formula is C17H19N5O2S. The second kappa shape index (κ2) is 7.54. The molecule has 0 aliphatic carbocycles. The summed E-state index contributed by atoms with van der Waals surface area (Å²) in [4.78, 5) is 26.7. The van der Waals surface area contributed by atoms with Crippen LogP contribution < -0.4 is 10.6 Å². The third kappa shape index (κ3) is 3.92. The third-order valence-corrected chi connectivity index (χ3v) is 4.63. The van der Waals surface area contributed by atoms with Gasteiger partial charge in [0.05, 0.1) is 28.6 Å². The van der Waals surface area contributed by atoms with Crippen molar-refractivity contribution in [3.05, 3.63) is 46.7 Å². The molecule has 25 heavy (non-hydrogen) atoms. The molecule has 0 unspecified atom stereocenters. The number of rotatable bonds is 6. The van der Waals surface area contributed by atoms with Gasteiger partial charge in [0.1, 0.15) is 0 Å². The van der Waals surface area contributed by atoms with Gasteiger partial charge in [-0.25, -0.2) is 9.97 Å². The predicted molar refractivity (Wildman–Crippen MR) is 97.8 cm³/mol. The van der Waals surface area contributed by atoms with Gasteiger partial charge in [0.25, 0.3) is 5.91 Å². The quantitative estimate of drug-likeness (QED) is 0.626. The number of nitrogens with zero attached hydrogens (tertiary/aromatic N) is 3. The molecular weight excluding hydrogens is 338 g/mol. The first-order chi connectivity index (χ1) is 12.1. The Morgan fingerprint density at radius 1 is 1.36 bits per heavy atom. The Hall–Kier alpha value is -2.58. The molecule has 0 aliphatic heterocycles. The van der Waals surface area contributed by atoms with Crippen LogP contribution in [0.2, 0.25) is 0 Å². The molecule has 0 aliphatic rings. The maximum absolute atomic E-state index is 12.4. The highest BCUT2D eigenvalue weighted by Crippen LogP contribution is 2.28. The molecule has 3 rings (SSSR count). The summed E-state index contributed by atoms with van der Waals surface area (Å²) in [7, 11) is 0. The van der Waals surface area contributed by atoms with Gasteiger partial charge in [0.15, 0.2) is 5.69 Å². The molecule has 0 fully saturated rings. The molecule has 8 heteroatoms. The Morgan fingerprint density at radius 2 is 2.20 bits per heavy atom. The van der Waals surface area contributed by atoms with E-state index in [9.17, 15) is 4.79 Å². The summed E-state index contributed by atoms with van der Waals surface area (Å²) in [5, 5.41) is 14.8. The average molecular weight is 357 g/mol. The van der Waals surface area contributed by atoms with Crippen molar-refractivity contribution in [1.82, 2.24) is 20.3 Å². The van der Waals surface area contributed by atoms with Crippen LogP contribution in [0.25, 0.3) is 10.2 Å². The number of hydrogen-bond acceptors (Lipinski definition) is 7. The molecule has 0 radical (unpaired) electrons. The molecule has 0 saturated heterocycles. The Balaban J connectivity index is 1.94. The first kappa shape index (κ1) is 17.2. The van der Waals surface area contributed by atoms with Gasteiger partial charge in [-0.3, -0.25) is 9.78 Å². The normalized spacial score (nSPS) is 12.1. The lowest BCUT2D eigenvalue weighted by Gasteiger charge is -2.14. The van der Waals surface area contributed by atoms with Crippen molar-refractivity contribution in [3.63, 3.8) is 0 Å². The van der Waals surface area contributed by atoms with Crippen molar-refractivity contribution < 1.29 is 9.90 Å². The van der Waals surface area contributed by atoms with E-state index in [1.54, 1.807) is 6.20 Å². The Morgan fingerprint density at radius 3 is 2.92 bits per heavy atom. The lowest BCUT2D eigenvalue weighted by Crippen LogP contribution is -2.27. The highest BCUT2D eigenvalue weighted by atomic mass is 32.1. The number of aryl methyl sites for hydroxylation is 1. The largest absolute Gasteiger partial charge is 0.395 e. The van der Waals surface area contributed by atoms with E-state index in [1.165, 1.54) is 11.3 Å². The second-order valence-corrected chi connectivity index (χ2v) is 6.82. The number of hydrogen-bond donors (Lipinski definition) is 3. The highest BCUT2D eigenvalue weighted by molar-refractivity contribution is 7.19. The van der Waals surface area contributed by atoms with E-state index in [0.717, 1.165) is 20.8 Å². The number of pyridine rings is 1. The summed E-state index contributed by atoms with van der Waals surface area (Å²) >= 11 is 1.48. The number of aliphatic hydroxyl groups is 1. The maximum Gasteiger partial charge on any atom is 0.271 e. The smallest absolute Gasteiger partial charge is 0.271 e. The zero-order valence-electron chi connectivity index (χ0n) is 14.0. The van der Waals surface area contributed by atoms with Crippen molar-refractivity contribution in [1.29, 1.82) is 0 Å². The minimum atomic E-state index is -0.322. The van der Waals surface area contributed by atoms with Crippen molar-refractivity contribution >= 4 is 33.4 Å². The van der Waals surface area contributed by atoms with Crippen LogP contribution in [-0.4, -0.2) is 39.1 Å². The van der Waals surface area contributed by atoms with Gasteiger partial charge in [0, 0.05) is 17.6 Å². The standard InChI is InChI=1S/C17H19N5O2S/c1-10-9-13-15(25-10)14(16(24)19-7-8-23)22-17(21-13)20-11(2)12-5-3-4-6-18-12/h3-6,9,11,23H,7-8H2,1-2H3,(H,19,24)(H,20,21,22)/t11-/m0/s1. The number of amides is 1. The van der Waals surface area contributed by atoms with Crippen LogP contribution in [-0.2, 0) is 0 Å². The van der Waals surface area contributed by atoms with Gasteiger partial charge in [-0.1, -0.05) is 6.07 Å². The number of anilines is 1. The van der Waals surface area contributed by atoms with Crippen molar-refractivity contribution in [3.8, 4) is 0 Å². The molecule has 3 N–H and O–H groups in total. The molecule has 3 heterocycles. The van der Waals surface area contributed by atoms with E-state index in [0.29, 0.717) is 11.6 Å². The fourth-order valence-electron chi connectivity index (χ4n) is 2.42. The highest BCUT2D eigenvalue weighted by Gasteiger charge is 2.18. The lowest BCUT2D eigenvalue weighted by molar-refractivity contribution is 0.0942. The number of carbonyl (C=O) groups excluding carboxylic acids is 1. The summed E-state index contributed by atoms with van der Waals surface area (Å²) in [6.07, 6.45) is 1.73. The van der Waals surface area contributed by atoms with Gasteiger partial charge >= 0.3 is 0 Å². The van der Waals surface area contributed by atoms with E-state index < -0.39 is 0 Å².